The predicted octanol–water partition coefficient (Wildman–Crippen LogP) is 23.5. The van der Waals surface area contributed by atoms with Gasteiger partial charge in [0, 0.05) is 91.1 Å². The van der Waals surface area contributed by atoms with Crippen molar-refractivity contribution in [2.24, 2.45) is 0 Å². The van der Waals surface area contributed by atoms with Crippen LogP contribution in [0.1, 0.15) is 0 Å². The number of furan rings is 2. The van der Waals surface area contributed by atoms with Gasteiger partial charge in [0.15, 0.2) is 8.07 Å². The van der Waals surface area contributed by atoms with Gasteiger partial charge in [0.1, 0.15) is 22.3 Å². The van der Waals surface area contributed by atoms with Crippen LogP contribution in [0.25, 0.3) is 169 Å². The van der Waals surface area contributed by atoms with E-state index < -0.39 is 8.07 Å². The first-order valence-electron chi connectivity index (χ1n) is 35.2. The second-order valence-electron chi connectivity index (χ2n) is 27.0. The fraction of sp³-hybridized carbons (Fsp3) is 0. The molecule has 103 heavy (non-hydrogen) atoms. The Hall–Kier alpha value is -13.0. The summed E-state index contributed by atoms with van der Waals surface area (Å²) in [6, 6.07) is 135. The molecule has 0 saturated heterocycles. The minimum atomic E-state index is -2.81. The quantitative estimate of drug-likeness (QED) is 0.107. The summed E-state index contributed by atoms with van der Waals surface area (Å²) in [4.78, 5) is 0. The van der Waals surface area contributed by atoms with Gasteiger partial charge in [0.05, 0.1) is 33.1 Å². The van der Waals surface area contributed by atoms with Gasteiger partial charge in [-0.25, -0.2) is 0 Å². The largest absolute Gasteiger partial charge is 0.456 e. The summed E-state index contributed by atoms with van der Waals surface area (Å²) in [6.45, 7) is 0. The monoisotopic (exact) mass is 1350 g/mol. The van der Waals surface area contributed by atoms with E-state index in [4.69, 9.17) is 8.83 Å². The van der Waals surface area contributed by atoms with E-state index in [-0.39, 0.29) is 0 Å². The molecule has 7 heteroatoms. The Labute approximate surface area is 597 Å². The molecule has 0 aliphatic heterocycles. The van der Waals surface area contributed by atoms with E-state index in [1.165, 1.54) is 112 Å². The van der Waals surface area contributed by atoms with E-state index >= 15 is 0 Å². The molecule has 0 unspecified atom stereocenters. The van der Waals surface area contributed by atoms with Gasteiger partial charge >= 0.3 is 0 Å². The number of hydrogen-bond acceptors (Lipinski definition) is 3. The maximum atomic E-state index is 6.41. The first kappa shape index (κ1) is 58.9. The first-order chi connectivity index (χ1) is 51.1. The lowest BCUT2D eigenvalue weighted by Gasteiger charge is -2.35. The average molecular weight is 1350 g/mol. The lowest BCUT2D eigenvalue weighted by Crippen LogP contribution is -2.74. The van der Waals surface area contributed by atoms with Crippen molar-refractivity contribution in [2.45, 2.75) is 0 Å². The normalized spacial score (nSPS) is 12.1. The molecule has 0 aliphatic rings. The summed E-state index contributed by atoms with van der Waals surface area (Å²) in [5.74, 6) is 0. The van der Waals surface area contributed by atoms with Crippen molar-refractivity contribution in [1.82, 2.24) is 13.7 Å². The molecular weight excluding hydrogens is 1290 g/mol. The number of hydrogen-bond donors (Lipinski definition) is 0. The van der Waals surface area contributed by atoms with Crippen LogP contribution in [0.3, 0.4) is 0 Å². The van der Waals surface area contributed by atoms with Crippen molar-refractivity contribution in [3.8, 4) is 39.3 Å². The van der Waals surface area contributed by atoms with Crippen LogP contribution in [0.5, 0.6) is 0 Å². The maximum absolute atomic E-state index is 6.41. The van der Waals surface area contributed by atoms with E-state index in [0.29, 0.717) is 0 Å². The molecule has 482 valence electrons. The predicted molar refractivity (Wildman–Crippen MR) is 438 cm³/mol. The average Bonchev–Trinajstić information content (AvgIpc) is 1.68. The van der Waals surface area contributed by atoms with Crippen molar-refractivity contribution >= 4 is 170 Å². The zero-order valence-corrected chi connectivity index (χ0v) is 57.6. The van der Waals surface area contributed by atoms with Crippen molar-refractivity contribution in [2.75, 3.05) is 0 Å². The maximum Gasteiger partial charge on any atom is 0.181 e. The molecule has 0 amide bonds. The smallest absolute Gasteiger partial charge is 0.181 e. The highest BCUT2D eigenvalue weighted by atomic mass is 32.1. The number of nitrogens with zero attached hydrogens (tertiary/aromatic N) is 3. The van der Waals surface area contributed by atoms with Gasteiger partial charge in [-0.3, -0.25) is 0 Å². The van der Waals surface area contributed by atoms with E-state index in [0.717, 1.165) is 77.5 Å². The Bertz CT molecular complexity index is 6700. The molecule has 6 aromatic heterocycles. The third-order valence-electron chi connectivity index (χ3n) is 21.5. The standard InChI is InChI=1S/C54H32N2O2.C42H29NSSi/c1-5-16-47-39(12-1)40-13-2-6-17-48(40)55(47)37-22-26-53-45(31-37)43-29-35(20-24-51(43)57-53)33-10-9-11-34(28-33)36-21-25-52-44(30-36)46-32-38(23-27-54(46)58-52)56-49-18-7-3-14-41(49)42-15-4-8-19-50(42)56;1-3-16-31(17-4-1)45(32-18-5-2-6-19-32,41-28-14-24-37-36-23-9-12-27-40(36)44-42(37)41)33-20-13-15-30(29-33)43-38-25-10-7-21-34(38)35-22-8-11-26-39(35)43/h1-32H;1-29H. The Kier molecular flexibility index (Phi) is 13.5. The minimum absolute atomic E-state index is 0.881. The molecule has 0 radical (unpaired) electrons. The molecule has 5 nitrogen and oxygen atoms in total. The SMILES string of the molecule is c1cc(-c2ccc3oc4ccc(-n5c6ccccc6c6ccccc65)cc4c3c2)cc(-c2ccc3oc4ccc(-n5c6ccccc6c6ccccc65)cc4c3c2)c1.c1ccc([Si](c2ccccc2)(c2cccc(-n3c4ccccc4c4ccccc43)c2)c2cccc3c2sc2ccccc23)cc1. The zero-order chi connectivity index (χ0) is 67.7. The highest BCUT2D eigenvalue weighted by Gasteiger charge is 2.43. The summed E-state index contributed by atoms with van der Waals surface area (Å²) in [6.07, 6.45) is 0. The molecule has 22 aromatic rings. The van der Waals surface area contributed by atoms with Gasteiger partial charge < -0.3 is 22.5 Å². The lowest BCUT2D eigenvalue weighted by molar-refractivity contribution is 0.668. The van der Waals surface area contributed by atoms with Crippen LogP contribution >= 0.6 is 11.3 Å². The van der Waals surface area contributed by atoms with Crippen LogP contribution in [0.2, 0.25) is 0 Å². The Morgan fingerprint density at radius 1 is 0.214 bits per heavy atom. The number of rotatable bonds is 9. The highest BCUT2D eigenvalue weighted by molar-refractivity contribution is 7.30. The second-order valence-corrected chi connectivity index (χ2v) is 31.8. The Balaban J connectivity index is 0.000000138. The van der Waals surface area contributed by atoms with Gasteiger partial charge in [0.25, 0.3) is 0 Å². The first-order valence-corrected chi connectivity index (χ1v) is 38.0. The number of aromatic nitrogens is 3. The van der Waals surface area contributed by atoms with Crippen molar-refractivity contribution in [3.63, 3.8) is 0 Å². The zero-order valence-electron chi connectivity index (χ0n) is 55.8. The van der Waals surface area contributed by atoms with Crippen molar-refractivity contribution in [1.29, 1.82) is 0 Å². The van der Waals surface area contributed by atoms with Crippen LogP contribution in [0.15, 0.2) is 379 Å². The van der Waals surface area contributed by atoms with Gasteiger partial charge in [-0.15, -0.1) is 11.3 Å². The van der Waals surface area contributed by atoms with E-state index in [2.05, 4.69) is 384 Å². The molecule has 0 saturated carbocycles. The van der Waals surface area contributed by atoms with Crippen LogP contribution < -0.4 is 20.7 Å². The third kappa shape index (κ3) is 9.23. The molecule has 16 aromatic carbocycles. The fourth-order valence-electron chi connectivity index (χ4n) is 16.9. The Morgan fingerprint density at radius 2 is 0.544 bits per heavy atom. The third-order valence-corrected chi connectivity index (χ3v) is 27.7. The lowest BCUT2D eigenvalue weighted by atomic mass is 9.97. The van der Waals surface area contributed by atoms with E-state index in [1.54, 1.807) is 0 Å². The summed E-state index contributed by atoms with van der Waals surface area (Å²) in [5, 5.41) is 20.3. The number of benzene rings is 16. The summed E-state index contributed by atoms with van der Waals surface area (Å²) in [7, 11) is -2.81. The molecular formula is C96H61N3O2SSi. The summed E-state index contributed by atoms with van der Waals surface area (Å²) in [5.41, 5.74) is 18.8. The van der Waals surface area contributed by atoms with Gasteiger partial charge in [0.2, 0.25) is 0 Å². The van der Waals surface area contributed by atoms with E-state index in [1.807, 2.05) is 11.3 Å². The van der Waals surface area contributed by atoms with Crippen LogP contribution in [0, 0.1) is 0 Å². The topological polar surface area (TPSA) is 41.1 Å². The highest BCUT2D eigenvalue weighted by Crippen LogP contribution is 2.42. The van der Waals surface area contributed by atoms with Gasteiger partial charge in [-0.1, -0.05) is 249 Å². The molecule has 0 aliphatic carbocycles. The number of para-hydroxylation sites is 6. The fourth-order valence-corrected chi connectivity index (χ4v) is 23.5. The van der Waals surface area contributed by atoms with Crippen LogP contribution in [0.4, 0.5) is 0 Å². The van der Waals surface area contributed by atoms with Gasteiger partial charge in [-0.05, 0) is 164 Å². The number of thiophene rings is 1. The summed E-state index contributed by atoms with van der Waals surface area (Å²) >= 11 is 1.93. The summed E-state index contributed by atoms with van der Waals surface area (Å²) < 4.78 is 22.7. The Morgan fingerprint density at radius 3 is 0.990 bits per heavy atom. The molecule has 0 spiro atoms. The molecule has 6 heterocycles. The van der Waals surface area contributed by atoms with Crippen molar-refractivity contribution < 1.29 is 8.83 Å². The number of fused-ring (bicyclic) bond motifs is 18. The molecule has 0 N–H and O–H groups in total. The van der Waals surface area contributed by atoms with Crippen molar-refractivity contribution in [3.05, 3.63) is 370 Å². The van der Waals surface area contributed by atoms with E-state index in [9.17, 15) is 0 Å². The van der Waals surface area contributed by atoms with Gasteiger partial charge in [-0.2, -0.15) is 0 Å². The van der Waals surface area contributed by atoms with Crippen LogP contribution in [-0.2, 0) is 0 Å². The molecule has 22 rings (SSSR count). The minimum Gasteiger partial charge on any atom is -0.456 e. The molecule has 0 bridgehead atoms. The van der Waals surface area contributed by atoms with Crippen LogP contribution in [-0.4, -0.2) is 21.8 Å². The molecule has 0 atom stereocenters. The second kappa shape index (κ2) is 23.5. The molecule has 0 fully saturated rings.